The Labute approximate surface area is 114 Å². The number of rotatable bonds is 7. The lowest BCUT2D eigenvalue weighted by atomic mass is 9.96. The van der Waals surface area contributed by atoms with Crippen LogP contribution in [0, 0.1) is 11.8 Å². The van der Waals surface area contributed by atoms with E-state index in [-0.39, 0.29) is 11.8 Å². The highest BCUT2D eigenvalue weighted by atomic mass is 16.5. The van der Waals surface area contributed by atoms with Crippen molar-refractivity contribution < 1.29 is 9.53 Å². The first kappa shape index (κ1) is 15.4. The van der Waals surface area contributed by atoms with Crippen molar-refractivity contribution in [2.75, 3.05) is 18.5 Å². The number of amides is 1. The quantitative estimate of drug-likeness (QED) is 0.791. The number of ether oxygens (including phenoxy) is 1. The van der Waals surface area contributed by atoms with Gasteiger partial charge in [-0.2, -0.15) is 0 Å². The molecule has 0 spiro atoms. The summed E-state index contributed by atoms with van der Waals surface area (Å²) in [4.78, 5) is 16.1. The van der Waals surface area contributed by atoms with Crippen LogP contribution in [-0.2, 0) is 4.79 Å². The topological polar surface area (TPSA) is 77.2 Å². The van der Waals surface area contributed by atoms with Crippen LogP contribution in [0.2, 0.25) is 0 Å². The highest BCUT2D eigenvalue weighted by Crippen LogP contribution is 2.15. The number of pyridine rings is 1. The summed E-state index contributed by atoms with van der Waals surface area (Å²) < 4.78 is 5.24. The summed E-state index contributed by atoms with van der Waals surface area (Å²) in [7, 11) is 0. The van der Waals surface area contributed by atoms with Crippen molar-refractivity contribution in [2.45, 2.75) is 27.2 Å². The van der Waals surface area contributed by atoms with Crippen molar-refractivity contribution in [2.24, 2.45) is 17.6 Å². The molecule has 1 heterocycles. The number of carbonyl (C=O) groups is 1. The van der Waals surface area contributed by atoms with Gasteiger partial charge < -0.3 is 15.8 Å². The third-order valence-electron chi connectivity index (χ3n) is 2.71. The predicted molar refractivity (Wildman–Crippen MR) is 76.0 cm³/mol. The zero-order valence-corrected chi connectivity index (χ0v) is 11.8. The van der Waals surface area contributed by atoms with E-state index in [4.69, 9.17) is 10.5 Å². The minimum absolute atomic E-state index is 0.0536. The molecule has 1 rings (SSSR count). The molecule has 1 aromatic heterocycles. The van der Waals surface area contributed by atoms with Crippen LogP contribution in [0.4, 0.5) is 5.69 Å². The SMILES string of the molecule is CCOc1ccc(NC(=O)C(CN)CC(C)C)cn1. The molecule has 106 valence electrons. The first-order valence-electron chi connectivity index (χ1n) is 6.66. The van der Waals surface area contributed by atoms with Crippen molar-refractivity contribution in [3.05, 3.63) is 18.3 Å². The van der Waals surface area contributed by atoms with Gasteiger partial charge in [-0.3, -0.25) is 4.79 Å². The number of aromatic nitrogens is 1. The van der Waals surface area contributed by atoms with Crippen LogP contribution in [0.15, 0.2) is 18.3 Å². The Morgan fingerprint density at radius 1 is 1.47 bits per heavy atom. The van der Waals surface area contributed by atoms with Crippen molar-refractivity contribution in [3.8, 4) is 5.88 Å². The highest BCUT2D eigenvalue weighted by molar-refractivity contribution is 5.92. The van der Waals surface area contributed by atoms with Gasteiger partial charge in [0.2, 0.25) is 11.8 Å². The molecule has 0 aliphatic rings. The van der Waals surface area contributed by atoms with Crippen LogP contribution in [0.25, 0.3) is 0 Å². The van der Waals surface area contributed by atoms with E-state index in [9.17, 15) is 4.79 Å². The number of anilines is 1. The minimum Gasteiger partial charge on any atom is -0.478 e. The monoisotopic (exact) mass is 265 g/mol. The molecule has 1 aromatic rings. The largest absolute Gasteiger partial charge is 0.478 e. The van der Waals surface area contributed by atoms with Gasteiger partial charge in [-0.25, -0.2) is 4.98 Å². The standard InChI is InChI=1S/C14H23N3O2/c1-4-19-13-6-5-12(9-16-13)17-14(18)11(8-15)7-10(2)3/h5-6,9-11H,4,7-8,15H2,1-3H3,(H,17,18). The molecule has 5 nitrogen and oxygen atoms in total. The maximum Gasteiger partial charge on any atom is 0.228 e. The lowest BCUT2D eigenvalue weighted by Gasteiger charge is -2.16. The van der Waals surface area contributed by atoms with E-state index in [0.29, 0.717) is 30.6 Å². The average Bonchev–Trinajstić information content (AvgIpc) is 2.38. The van der Waals surface area contributed by atoms with Gasteiger partial charge in [0.15, 0.2) is 0 Å². The van der Waals surface area contributed by atoms with Crippen molar-refractivity contribution in [1.29, 1.82) is 0 Å². The van der Waals surface area contributed by atoms with Crippen LogP contribution < -0.4 is 15.8 Å². The highest BCUT2D eigenvalue weighted by Gasteiger charge is 2.18. The molecule has 5 heteroatoms. The fourth-order valence-corrected chi connectivity index (χ4v) is 1.81. The minimum atomic E-state index is -0.161. The van der Waals surface area contributed by atoms with Crippen LogP contribution in [0.5, 0.6) is 5.88 Å². The Kier molecular flexibility index (Phi) is 6.29. The van der Waals surface area contributed by atoms with Gasteiger partial charge in [0, 0.05) is 12.6 Å². The molecular weight excluding hydrogens is 242 g/mol. The molecule has 0 saturated carbocycles. The average molecular weight is 265 g/mol. The lowest BCUT2D eigenvalue weighted by Crippen LogP contribution is -2.30. The van der Waals surface area contributed by atoms with Gasteiger partial charge in [-0.15, -0.1) is 0 Å². The number of carbonyl (C=O) groups excluding carboxylic acids is 1. The van der Waals surface area contributed by atoms with Gasteiger partial charge in [-0.05, 0) is 25.3 Å². The molecule has 1 amide bonds. The molecule has 0 aliphatic heterocycles. The van der Waals surface area contributed by atoms with E-state index in [1.165, 1.54) is 0 Å². The molecular formula is C14H23N3O2. The smallest absolute Gasteiger partial charge is 0.228 e. The summed E-state index contributed by atoms with van der Waals surface area (Å²) in [5.74, 6) is 0.782. The van der Waals surface area contributed by atoms with Crippen molar-refractivity contribution in [3.63, 3.8) is 0 Å². The molecule has 3 N–H and O–H groups in total. The Bertz CT molecular complexity index is 390. The number of hydrogen-bond acceptors (Lipinski definition) is 4. The maximum atomic E-state index is 12.0. The van der Waals surface area contributed by atoms with E-state index in [2.05, 4.69) is 24.1 Å². The number of hydrogen-bond donors (Lipinski definition) is 2. The Morgan fingerprint density at radius 3 is 2.68 bits per heavy atom. The van der Waals surface area contributed by atoms with E-state index in [0.717, 1.165) is 6.42 Å². The summed E-state index contributed by atoms with van der Waals surface area (Å²) >= 11 is 0. The van der Waals surface area contributed by atoms with Crippen molar-refractivity contribution >= 4 is 11.6 Å². The Morgan fingerprint density at radius 2 is 2.21 bits per heavy atom. The fourth-order valence-electron chi connectivity index (χ4n) is 1.81. The number of nitrogens with zero attached hydrogens (tertiary/aromatic N) is 1. The lowest BCUT2D eigenvalue weighted by molar-refractivity contribution is -0.120. The molecule has 1 unspecified atom stereocenters. The van der Waals surface area contributed by atoms with Gasteiger partial charge in [0.05, 0.1) is 24.4 Å². The molecule has 0 radical (unpaired) electrons. The Balaban J connectivity index is 2.59. The zero-order chi connectivity index (χ0) is 14.3. The molecule has 0 saturated heterocycles. The summed E-state index contributed by atoms with van der Waals surface area (Å²) in [6.07, 6.45) is 2.37. The Hall–Kier alpha value is -1.62. The summed E-state index contributed by atoms with van der Waals surface area (Å²) in [5, 5.41) is 2.83. The molecule has 0 fully saturated rings. The van der Waals surface area contributed by atoms with E-state index < -0.39 is 0 Å². The molecule has 0 aliphatic carbocycles. The predicted octanol–water partition coefficient (Wildman–Crippen LogP) is 2.04. The van der Waals surface area contributed by atoms with Crippen LogP contribution in [0.1, 0.15) is 27.2 Å². The normalized spacial score (nSPS) is 12.3. The number of nitrogens with one attached hydrogen (secondary N) is 1. The summed E-state index contributed by atoms with van der Waals surface area (Å²) in [6.45, 7) is 6.98. The van der Waals surface area contributed by atoms with Gasteiger partial charge in [-0.1, -0.05) is 13.8 Å². The zero-order valence-electron chi connectivity index (χ0n) is 11.8. The first-order chi connectivity index (χ1) is 9.06. The second-order valence-electron chi connectivity index (χ2n) is 4.87. The van der Waals surface area contributed by atoms with Crippen molar-refractivity contribution in [1.82, 2.24) is 4.98 Å². The van der Waals surface area contributed by atoms with Gasteiger partial charge in [0.1, 0.15) is 0 Å². The third kappa shape index (κ3) is 5.26. The second kappa shape index (κ2) is 7.74. The summed E-state index contributed by atoms with van der Waals surface area (Å²) in [6, 6.07) is 3.51. The van der Waals surface area contributed by atoms with Crippen LogP contribution in [-0.4, -0.2) is 24.0 Å². The van der Waals surface area contributed by atoms with Crippen LogP contribution in [0.3, 0.4) is 0 Å². The van der Waals surface area contributed by atoms with E-state index >= 15 is 0 Å². The van der Waals surface area contributed by atoms with Crippen LogP contribution >= 0.6 is 0 Å². The van der Waals surface area contributed by atoms with E-state index in [1.54, 1.807) is 18.3 Å². The summed E-state index contributed by atoms with van der Waals surface area (Å²) in [5.41, 5.74) is 6.31. The fraction of sp³-hybridized carbons (Fsp3) is 0.571. The number of nitrogens with two attached hydrogens (primary N) is 1. The molecule has 0 aromatic carbocycles. The second-order valence-corrected chi connectivity index (χ2v) is 4.87. The molecule has 1 atom stereocenters. The van der Waals surface area contributed by atoms with Gasteiger partial charge >= 0.3 is 0 Å². The molecule has 0 bridgehead atoms. The molecule has 19 heavy (non-hydrogen) atoms. The van der Waals surface area contributed by atoms with Gasteiger partial charge in [0.25, 0.3) is 0 Å². The first-order valence-corrected chi connectivity index (χ1v) is 6.66. The third-order valence-corrected chi connectivity index (χ3v) is 2.71. The van der Waals surface area contributed by atoms with E-state index in [1.807, 2.05) is 6.92 Å². The maximum absolute atomic E-state index is 12.0.